The molecule has 28 heavy (non-hydrogen) atoms. The highest BCUT2D eigenvalue weighted by Crippen LogP contribution is 2.68. The molecule has 4 aliphatic carbocycles. The van der Waals surface area contributed by atoms with E-state index in [0.29, 0.717) is 35.5 Å². The molecule has 0 radical (unpaired) electrons. The maximum atomic E-state index is 11.5. The Kier molecular flexibility index (Phi) is 6.02. The molecule has 0 aromatic heterocycles. The normalized spacial score (nSPS) is 54.5. The van der Waals surface area contributed by atoms with Gasteiger partial charge in [0.15, 0.2) is 0 Å². The summed E-state index contributed by atoms with van der Waals surface area (Å²) in [5.74, 6) is 2.78. The summed E-state index contributed by atoms with van der Waals surface area (Å²) < 4.78 is 0. The van der Waals surface area contributed by atoms with E-state index in [0.717, 1.165) is 37.4 Å². The standard InChI is InChI=1S/C24H41BrO3/c1-14(5-4-10-25)17-6-7-18-22-19(13-21(28)24(17,18)3)23(2)9-8-16(26)11-15(23)12-20(22)27/h14-22,26-28H,4-13H2,1-3H3/t14-,15+,16-,17-,18+,19+,20-,21+,22+,23+,24-/m1/s1. The Balaban J connectivity index is 1.62. The Bertz CT molecular complexity index is 570. The Labute approximate surface area is 179 Å². The minimum atomic E-state index is -0.262. The number of fused-ring (bicyclic) bond motifs is 5. The van der Waals surface area contributed by atoms with Crippen LogP contribution in [0, 0.1) is 46.3 Å². The van der Waals surface area contributed by atoms with E-state index < -0.39 is 0 Å². The predicted octanol–water partition coefficient (Wildman–Crippen LogP) is 4.76. The van der Waals surface area contributed by atoms with E-state index in [1.807, 2.05) is 0 Å². The molecule has 0 amide bonds. The SMILES string of the molecule is C[C@H](CCCBr)[C@H]1CC[C@H]2[C@@H]3[C@H](O)C[C@@H]4C[C@H](O)CC[C@]4(C)[C@H]3C[C@H](O)[C@]12C. The van der Waals surface area contributed by atoms with Crippen LogP contribution in [0.15, 0.2) is 0 Å². The van der Waals surface area contributed by atoms with Crippen molar-refractivity contribution in [1.29, 1.82) is 0 Å². The van der Waals surface area contributed by atoms with Crippen LogP contribution in [0.5, 0.6) is 0 Å². The van der Waals surface area contributed by atoms with Crippen LogP contribution in [0.3, 0.4) is 0 Å². The number of hydrogen-bond acceptors (Lipinski definition) is 3. The van der Waals surface area contributed by atoms with Crippen molar-refractivity contribution in [1.82, 2.24) is 0 Å². The number of aliphatic hydroxyl groups is 3. The van der Waals surface area contributed by atoms with E-state index in [4.69, 9.17) is 0 Å². The van der Waals surface area contributed by atoms with Crippen LogP contribution < -0.4 is 0 Å². The first-order valence-electron chi connectivity index (χ1n) is 11.8. The molecule has 0 saturated heterocycles. The van der Waals surface area contributed by atoms with Crippen molar-refractivity contribution >= 4 is 15.9 Å². The van der Waals surface area contributed by atoms with Gasteiger partial charge in [-0.2, -0.15) is 0 Å². The molecule has 0 aromatic carbocycles. The Morgan fingerprint density at radius 1 is 1.00 bits per heavy atom. The molecule has 3 nitrogen and oxygen atoms in total. The molecular formula is C24H41BrO3. The quantitative estimate of drug-likeness (QED) is 0.534. The van der Waals surface area contributed by atoms with Crippen LogP contribution in [0.1, 0.15) is 78.6 Å². The van der Waals surface area contributed by atoms with E-state index in [9.17, 15) is 15.3 Å². The third-order valence-electron chi connectivity index (χ3n) is 10.3. The van der Waals surface area contributed by atoms with Crippen molar-refractivity contribution in [3.8, 4) is 0 Å². The third-order valence-corrected chi connectivity index (χ3v) is 10.9. The number of halogens is 1. The second kappa shape index (κ2) is 7.80. The lowest BCUT2D eigenvalue weighted by Gasteiger charge is -2.63. The average Bonchev–Trinajstić information content (AvgIpc) is 3.01. The molecule has 0 aliphatic heterocycles. The summed E-state index contributed by atoms with van der Waals surface area (Å²) in [5, 5.41) is 34.1. The van der Waals surface area contributed by atoms with Gasteiger partial charge in [0.25, 0.3) is 0 Å². The zero-order valence-electron chi connectivity index (χ0n) is 18.0. The molecule has 4 heteroatoms. The summed E-state index contributed by atoms with van der Waals surface area (Å²) in [5.41, 5.74) is 0.121. The molecule has 4 aliphatic rings. The van der Waals surface area contributed by atoms with Crippen molar-refractivity contribution in [3.05, 3.63) is 0 Å². The van der Waals surface area contributed by atoms with E-state index in [-0.39, 0.29) is 29.1 Å². The molecule has 4 fully saturated rings. The molecule has 0 unspecified atom stereocenters. The zero-order chi connectivity index (χ0) is 20.3. The number of alkyl halides is 1. The van der Waals surface area contributed by atoms with Gasteiger partial charge in [-0.25, -0.2) is 0 Å². The Morgan fingerprint density at radius 3 is 2.46 bits per heavy atom. The molecule has 4 rings (SSSR count). The fraction of sp³-hybridized carbons (Fsp3) is 1.00. The topological polar surface area (TPSA) is 60.7 Å². The second-order valence-electron chi connectivity index (χ2n) is 11.3. The van der Waals surface area contributed by atoms with Crippen LogP contribution >= 0.6 is 15.9 Å². The number of rotatable bonds is 4. The van der Waals surface area contributed by atoms with Gasteiger partial charge in [-0.1, -0.05) is 36.7 Å². The van der Waals surface area contributed by atoms with E-state index >= 15 is 0 Å². The largest absolute Gasteiger partial charge is 0.393 e. The summed E-state index contributed by atoms with van der Waals surface area (Å²) in [6, 6.07) is 0. The van der Waals surface area contributed by atoms with Crippen LogP contribution in [0.2, 0.25) is 0 Å². The average molecular weight is 457 g/mol. The Morgan fingerprint density at radius 2 is 1.75 bits per heavy atom. The van der Waals surface area contributed by atoms with Gasteiger partial charge in [-0.3, -0.25) is 0 Å². The van der Waals surface area contributed by atoms with Crippen molar-refractivity contribution in [3.63, 3.8) is 0 Å². The van der Waals surface area contributed by atoms with Crippen molar-refractivity contribution in [2.45, 2.75) is 96.9 Å². The van der Waals surface area contributed by atoms with Crippen molar-refractivity contribution in [2.24, 2.45) is 46.3 Å². The van der Waals surface area contributed by atoms with Gasteiger partial charge in [-0.05, 0) is 104 Å². The minimum Gasteiger partial charge on any atom is -0.393 e. The fourth-order valence-corrected chi connectivity index (χ4v) is 9.06. The minimum absolute atomic E-state index is 0.0503. The van der Waals surface area contributed by atoms with Crippen molar-refractivity contribution < 1.29 is 15.3 Å². The molecule has 0 aromatic rings. The van der Waals surface area contributed by atoms with E-state index in [1.165, 1.54) is 25.7 Å². The van der Waals surface area contributed by atoms with Gasteiger partial charge in [0.05, 0.1) is 18.3 Å². The van der Waals surface area contributed by atoms with E-state index in [2.05, 4.69) is 36.7 Å². The predicted molar refractivity (Wildman–Crippen MR) is 116 cm³/mol. The first-order valence-corrected chi connectivity index (χ1v) is 13.0. The first kappa shape index (κ1) is 21.6. The maximum Gasteiger partial charge on any atom is 0.0602 e. The van der Waals surface area contributed by atoms with Gasteiger partial charge < -0.3 is 15.3 Å². The zero-order valence-corrected chi connectivity index (χ0v) is 19.6. The summed E-state index contributed by atoms with van der Waals surface area (Å²) in [7, 11) is 0. The van der Waals surface area contributed by atoms with Crippen LogP contribution in [0.4, 0.5) is 0 Å². The second-order valence-corrected chi connectivity index (χ2v) is 12.1. The summed E-state index contributed by atoms with van der Waals surface area (Å²) >= 11 is 3.58. The van der Waals surface area contributed by atoms with E-state index in [1.54, 1.807) is 0 Å². The molecule has 162 valence electrons. The smallest absolute Gasteiger partial charge is 0.0602 e. The van der Waals surface area contributed by atoms with Gasteiger partial charge in [0, 0.05) is 5.33 Å². The monoisotopic (exact) mass is 456 g/mol. The summed E-state index contributed by atoms with van der Waals surface area (Å²) in [6.45, 7) is 7.15. The van der Waals surface area contributed by atoms with Crippen LogP contribution in [0.25, 0.3) is 0 Å². The molecule has 0 heterocycles. The third kappa shape index (κ3) is 3.15. The van der Waals surface area contributed by atoms with Gasteiger partial charge in [0.2, 0.25) is 0 Å². The van der Waals surface area contributed by atoms with Crippen LogP contribution in [-0.2, 0) is 0 Å². The lowest BCUT2D eigenvalue weighted by atomic mass is 9.43. The molecule has 3 N–H and O–H groups in total. The molecule has 4 saturated carbocycles. The first-order chi connectivity index (χ1) is 13.2. The van der Waals surface area contributed by atoms with Gasteiger partial charge in [0.1, 0.15) is 0 Å². The fourth-order valence-electron chi connectivity index (χ4n) is 8.73. The highest BCUT2D eigenvalue weighted by molar-refractivity contribution is 9.09. The molecular weight excluding hydrogens is 416 g/mol. The van der Waals surface area contributed by atoms with Gasteiger partial charge in [-0.15, -0.1) is 0 Å². The molecule has 0 spiro atoms. The molecule has 11 atom stereocenters. The van der Waals surface area contributed by atoms with Crippen molar-refractivity contribution in [2.75, 3.05) is 5.33 Å². The lowest BCUT2D eigenvalue weighted by Crippen LogP contribution is -2.62. The lowest BCUT2D eigenvalue weighted by molar-refractivity contribution is -0.207. The highest BCUT2D eigenvalue weighted by Gasteiger charge is 2.65. The van der Waals surface area contributed by atoms with Crippen LogP contribution in [-0.4, -0.2) is 39.0 Å². The molecule has 0 bridgehead atoms. The highest BCUT2D eigenvalue weighted by atomic mass is 79.9. The number of hydrogen-bond donors (Lipinski definition) is 3. The Hall–Kier alpha value is 0.360. The maximum absolute atomic E-state index is 11.5. The summed E-state index contributed by atoms with van der Waals surface area (Å²) in [4.78, 5) is 0. The number of aliphatic hydroxyl groups excluding tert-OH is 3. The van der Waals surface area contributed by atoms with Gasteiger partial charge >= 0.3 is 0 Å². The summed E-state index contributed by atoms with van der Waals surface area (Å²) in [6.07, 6.45) is 8.53.